The van der Waals surface area contributed by atoms with Crippen molar-refractivity contribution in [3.8, 4) is 0 Å². The maximum atomic E-state index is 14.0. The van der Waals surface area contributed by atoms with Gasteiger partial charge in [-0.2, -0.15) is 0 Å². The van der Waals surface area contributed by atoms with E-state index in [1.54, 1.807) is 13.3 Å². The highest BCUT2D eigenvalue weighted by atomic mass is 19.1. The number of hydrogen-bond acceptors (Lipinski definition) is 4. The smallest absolute Gasteiger partial charge is 0.126 e. The van der Waals surface area contributed by atoms with Crippen LogP contribution in [0, 0.1) is 11.6 Å². The Bertz CT molecular complexity index is 1080. The third-order valence-corrected chi connectivity index (χ3v) is 7.52. The second-order valence-electron chi connectivity index (χ2n) is 11.6. The summed E-state index contributed by atoms with van der Waals surface area (Å²) >= 11 is 0. The fraction of sp³-hybridized carbons (Fsp3) is 0.531. The first-order valence-electron chi connectivity index (χ1n) is 13.9. The molecule has 0 bridgehead atoms. The minimum atomic E-state index is -0.809. The van der Waals surface area contributed by atoms with Crippen LogP contribution >= 0.6 is 0 Å². The molecule has 6 heteroatoms. The van der Waals surface area contributed by atoms with Gasteiger partial charge >= 0.3 is 0 Å². The first kappa shape index (κ1) is 30.0. The molecule has 1 aliphatic rings. The third-order valence-electron chi connectivity index (χ3n) is 7.52. The molecule has 2 aromatic carbocycles. The van der Waals surface area contributed by atoms with Crippen molar-refractivity contribution in [3.63, 3.8) is 0 Å². The molecular formula is C32H45F2N3O. The lowest BCUT2D eigenvalue weighted by Gasteiger charge is -2.41. The Morgan fingerprint density at radius 1 is 1.08 bits per heavy atom. The molecule has 4 nitrogen and oxygen atoms in total. The monoisotopic (exact) mass is 525 g/mol. The van der Waals surface area contributed by atoms with Gasteiger partial charge in [0.15, 0.2) is 0 Å². The minimum absolute atomic E-state index is 0.0451. The van der Waals surface area contributed by atoms with Crippen LogP contribution in [-0.4, -0.2) is 37.1 Å². The first-order chi connectivity index (χ1) is 18.1. The Labute approximate surface area is 227 Å². The van der Waals surface area contributed by atoms with Crippen molar-refractivity contribution in [2.45, 2.75) is 95.7 Å². The van der Waals surface area contributed by atoms with Crippen LogP contribution in [0.2, 0.25) is 0 Å². The summed E-state index contributed by atoms with van der Waals surface area (Å²) in [4.78, 5) is 4.13. The molecule has 1 fully saturated rings. The van der Waals surface area contributed by atoms with Crippen molar-refractivity contribution < 1.29 is 13.9 Å². The molecule has 3 N–H and O–H groups in total. The van der Waals surface area contributed by atoms with Crippen LogP contribution in [0.3, 0.4) is 0 Å². The van der Waals surface area contributed by atoms with Crippen LogP contribution in [0.25, 0.3) is 0 Å². The van der Waals surface area contributed by atoms with E-state index >= 15 is 0 Å². The van der Waals surface area contributed by atoms with Crippen molar-refractivity contribution in [3.05, 3.63) is 82.6 Å². The number of halogens is 2. The Kier molecular flexibility index (Phi) is 10.6. The summed E-state index contributed by atoms with van der Waals surface area (Å²) in [6.45, 7) is 9.05. The van der Waals surface area contributed by atoms with E-state index in [1.807, 2.05) is 13.0 Å². The highest BCUT2D eigenvalue weighted by Gasteiger charge is 2.35. The average molecular weight is 526 g/mol. The van der Waals surface area contributed by atoms with Gasteiger partial charge in [-0.3, -0.25) is 4.99 Å². The lowest BCUT2D eigenvalue weighted by Crippen LogP contribution is -2.52. The molecule has 2 atom stereocenters. The van der Waals surface area contributed by atoms with Gasteiger partial charge in [-0.25, -0.2) is 8.78 Å². The van der Waals surface area contributed by atoms with Gasteiger partial charge in [-0.05, 0) is 59.9 Å². The van der Waals surface area contributed by atoms with Gasteiger partial charge in [0.1, 0.15) is 11.6 Å². The molecule has 38 heavy (non-hydrogen) atoms. The number of nitrogens with one attached hydrogen (secondary N) is 2. The largest absolute Gasteiger partial charge is 0.390 e. The predicted octanol–water partition coefficient (Wildman–Crippen LogP) is 6.57. The highest BCUT2D eigenvalue weighted by Crippen LogP contribution is 2.38. The predicted molar refractivity (Wildman–Crippen MR) is 154 cm³/mol. The average Bonchev–Trinajstić information content (AvgIpc) is 2.87. The van der Waals surface area contributed by atoms with Crippen molar-refractivity contribution in [2.24, 2.45) is 4.99 Å². The summed E-state index contributed by atoms with van der Waals surface area (Å²) in [5.41, 5.74) is 3.66. The normalized spacial score (nSPS) is 17.9. The summed E-state index contributed by atoms with van der Waals surface area (Å²) in [7, 11) is 1.69. The number of aliphatic hydroxyl groups is 1. The maximum absolute atomic E-state index is 14.0. The van der Waals surface area contributed by atoms with Crippen molar-refractivity contribution >= 4 is 6.21 Å². The fourth-order valence-corrected chi connectivity index (χ4v) is 5.44. The number of aliphatic hydroxyl groups excluding tert-OH is 1. The molecule has 2 unspecified atom stereocenters. The molecule has 1 aliphatic carbocycles. The topological polar surface area (TPSA) is 56.7 Å². The Hall–Kier alpha value is -2.57. The van der Waals surface area contributed by atoms with E-state index in [-0.39, 0.29) is 17.4 Å². The van der Waals surface area contributed by atoms with Crippen LogP contribution in [0.4, 0.5) is 8.78 Å². The van der Waals surface area contributed by atoms with Crippen LogP contribution in [0.5, 0.6) is 0 Å². The van der Waals surface area contributed by atoms with Gasteiger partial charge in [0.2, 0.25) is 0 Å². The van der Waals surface area contributed by atoms with Crippen LogP contribution in [0.1, 0.15) is 82.9 Å². The van der Waals surface area contributed by atoms with E-state index in [9.17, 15) is 13.9 Å². The van der Waals surface area contributed by atoms with Crippen molar-refractivity contribution in [1.82, 2.24) is 10.6 Å². The summed E-state index contributed by atoms with van der Waals surface area (Å²) in [6, 6.07) is 11.9. The van der Waals surface area contributed by atoms with E-state index in [0.29, 0.717) is 12.1 Å². The molecule has 0 aromatic heterocycles. The van der Waals surface area contributed by atoms with Gasteiger partial charge < -0.3 is 15.7 Å². The fourth-order valence-electron chi connectivity index (χ4n) is 5.44. The van der Waals surface area contributed by atoms with Crippen molar-refractivity contribution in [1.29, 1.82) is 0 Å². The van der Waals surface area contributed by atoms with E-state index in [2.05, 4.69) is 60.7 Å². The molecule has 1 saturated carbocycles. The molecule has 0 aliphatic heterocycles. The van der Waals surface area contributed by atoms with E-state index < -0.39 is 23.8 Å². The molecule has 208 valence electrons. The molecule has 2 aromatic rings. The van der Waals surface area contributed by atoms with Gasteiger partial charge in [0.25, 0.3) is 0 Å². The van der Waals surface area contributed by atoms with E-state index in [0.717, 1.165) is 43.9 Å². The number of rotatable bonds is 11. The molecule has 0 spiro atoms. The molecule has 0 heterocycles. The second kappa shape index (κ2) is 13.5. The molecule has 0 amide bonds. The van der Waals surface area contributed by atoms with Crippen LogP contribution in [-0.2, 0) is 17.4 Å². The lowest BCUT2D eigenvalue weighted by molar-refractivity contribution is 0.108. The Balaban J connectivity index is 1.87. The van der Waals surface area contributed by atoms with Gasteiger partial charge in [-0.1, -0.05) is 77.3 Å². The zero-order valence-electron chi connectivity index (χ0n) is 23.7. The lowest BCUT2D eigenvalue weighted by atomic mass is 9.74. The number of hydrogen-bond donors (Lipinski definition) is 3. The maximum Gasteiger partial charge on any atom is 0.126 e. The molecular weight excluding hydrogens is 480 g/mol. The standard InChI is InChI=1S/C32H45F2N3O/c1-6-11-28(21-35-5)37-29(18-23-16-26(33)20-27(34)17-23)30(38)22-36-32(14-8-7-9-15-32)25-13-10-12-24(19-25)31(2,3)4/h10-13,16-17,19-21,29-30,36-38H,6-9,14-15,18,22H2,1-5H3/b28-11+,35-21?. The molecule has 0 radical (unpaired) electrons. The van der Waals surface area contributed by atoms with Gasteiger partial charge in [0.05, 0.1) is 12.1 Å². The highest BCUT2D eigenvalue weighted by molar-refractivity contribution is 5.77. The SMILES string of the molecule is CC/C=C(\C=NC)NC(Cc1cc(F)cc(F)c1)C(O)CNC1(c2cccc(C(C)(C)C)c2)CCCCC1. The Morgan fingerprint density at radius 3 is 2.37 bits per heavy atom. The van der Waals surface area contributed by atoms with Gasteiger partial charge in [-0.15, -0.1) is 0 Å². The van der Waals surface area contributed by atoms with E-state index in [1.165, 1.54) is 29.7 Å². The minimum Gasteiger partial charge on any atom is -0.390 e. The van der Waals surface area contributed by atoms with Crippen LogP contribution in [0.15, 0.2) is 59.2 Å². The molecule has 0 saturated heterocycles. The zero-order valence-corrected chi connectivity index (χ0v) is 23.7. The summed E-state index contributed by atoms with van der Waals surface area (Å²) in [6.07, 6.45) is 9.43. The van der Waals surface area contributed by atoms with Crippen LogP contribution < -0.4 is 10.6 Å². The number of nitrogens with zero attached hydrogens (tertiary/aromatic N) is 1. The summed E-state index contributed by atoms with van der Waals surface area (Å²) in [5.74, 6) is -1.24. The number of allylic oxidation sites excluding steroid dienone is 2. The summed E-state index contributed by atoms with van der Waals surface area (Å²) in [5, 5.41) is 18.6. The Morgan fingerprint density at radius 2 is 1.76 bits per heavy atom. The quantitative estimate of drug-likeness (QED) is 0.291. The van der Waals surface area contributed by atoms with Gasteiger partial charge in [0, 0.05) is 37.1 Å². The number of aliphatic imine (C=N–C) groups is 1. The third kappa shape index (κ3) is 8.21. The summed E-state index contributed by atoms with van der Waals surface area (Å²) < 4.78 is 27.9. The van der Waals surface area contributed by atoms with Crippen molar-refractivity contribution in [2.75, 3.05) is 13.6 Å². The first-order valence-corrected chi connectivity index (χ1v) is 13.9. The zero-order chi connectivity index (χ0) is 27.8. The van der Waals surface area contributed by atoms with E-state index in [4.69, 9.17) is 0 Å². The second-order valence-corrected chi connectivity index (χ2v) is 11.6. The molecule has 3 rings (SSSR count). The number of benzene rings is 2.